The van der Waals surface area contributed by atoms with Gasteiger partial charge in [0.2, 0.25) is 15.8 Å². The Morgan fingerprint density at radius 2 is 1.72 bits per heavy atom. The van der Waals surface area contributed by atoms with Gasteiger partial charge < -0.3 is 4.74 Å². The summed E-state index contributed by atoms with van der Waals surface area (Å²) in [7, 11) is -3.79. The summed E-state index contributed by atoms with van der Waals surface area (Å²) in [4.78, 5) is 10.6. The number of rotatable bonds is 7. The largest absolute Gasteiger partial charge is 0.450 e. The van der Waals surface area contributed by atoms with Crippen LogP contribution < -0.4 is 4.74 Å². The van der Waals surface area contributed by atoms with Crippen molar-refractivity contribution in [3.05, 3.63) is 57.1 Å². The molecular formula is C16H17BrN2O5S. The van der Waals surface area contributed by atoms with Gasteiger partial charge >= 0.3 is 5.69 Å². The maximum Gasteiger partial charge on any atom is 0.312 e. The lowest BCUT2D eigenvalue weighted by Crippen LogP contribution is -2.30. The van der Waals surface area contributed by atoms with E-state index >= 15 is 0 Å². The van der Waals surface area contributed by atoms with E-state index < -0.39 is 20.6 Å². The number of benzene rings is 2. The van der Waals surface area contributed by atoms with Crippen molar-refractivity contribution in [2.75, 3.05) is 13.1 Å². The Bertz CT molecular complexity index is 865. The monoisotopic (exact) mass is 428 g/mol. The first kappa shape index (κ1) is 19.4. The van der Waals surface area contributed by atoms with Gasteiger partial charge in [0.15, 0.2) is 0 Å². The van der Waals surface area contributed by atoms with Gasteiger partial charge in [-0.1, -0.05) is 29.8 Å². The lowest BCUT2D eigenvalue weighted by Gasteiger charge is -2.18. The van der Waals surface area contributed by atoms with Crippen LogP contribution in [0, 0.1) is 10.1 Å². The molecule has 134 valence electrons. The molecule has 0 aromatic heterocycles. The molecule has 9 heteroatoms. The van der Waals surface area contributed by atoms with Crippen LogP contribution >= 0.6 is 15.9 Å². The van der Waals surface area contributed by atoms with E-state index in [1.54, 1.807) is 38.1 Å². The highest BCUT2D eigenvalue weighted by Crippen LogP contribution is 2.34. The van der Waals surface area contributed by atoms with E-state index in [9.17, 15) is 18.5 Å². The zero-order valence-electron chi connectivity index (χ0n) is 13.7. The Hall–Kier alpha value is -1.97. The van der Waals surface area contributed by atoms with Crippen molar-refractivity contribution < 1.29 is 18.1 Å². The van der Waals surface area contributed by atoms with Crippen molar-refractivity contribution in [2.45, 2.75) is 18.7 Å². The van der Waals surface area contributed by atoms with Gasteiger partial charge in [0.25, 0.3) is 0 Å². The van der Waals surface area contributed by atoms with Crippen LogP contribution in [-0.2, 0) is 10.0 Å². The van der Waals surface area contributed by atoms with Gasteiger partial charge in [0, 0.05) is 23.6 Å². The average Bonchev–Trinajstić information content (AvgIpc) is 2.57. The van der Waals surface area contributed by atoms with E-state index in [2.05, 4.69) is 15.9 Å². The summed E-state index contributed by atoms with van der Waals surface area (Å²) in [5.41, 5.74) is -0.406. The van der Waals surface area contributed by atoms with Crippen molar-refractivity contribution in [3.63, 3.8) is 0 Å². The first-order valence-corrected chi connectivity index (χ1v) is 9.75. The fraction of sp³-hybridized carbons (Fsp3) is 0.250. The molecule has 0 amide bonds. The predicted molar refractivity (Wildman–Crippen MR) is 97.4 cm³/mol. The summed E-state index contributed by atoms with van der Waals surface area (Å²) < 4.78 is 32.7. The number of nitro groups is 1. The first-order valence-electron chi connectivity index (χ1n) is 7.51. The third kappa shape index (κ3) is 4.36. The van der Waals surface area contributed by atoms with Crippen LogP contribution in [0.3, 0.4) is 0 Å². The van der Waals surface area contributed by atoms with Gasteiger partial charge in [0.1, 0.15) is 5.75 Å². The van der Waals surface area contributed by atoms with E-state index in [0.717, 1.165) is 10.5 Å². The molecule has 2 aromatic rings. The van der Waals surface area contributed by atoms with Crippen LogP contribution in [0.25, 0.3) is 0 Å². The molecule has 0 aliphatic heterocycles. The van der Waals surface area contributed by atoms with Crippen LogP contribution in [0.15, 0.2) is 51.8 Å². The average molecular weight is 429 g/mol. The molecule has 2 rings (SSSR count). The van der Waals surface area contributed by atoms with Crippen molar-refractivity contribution in [1.29, 1.82) is 0 Å². The lowest BCUT2D eigenvalue weighted by molar-refractivity contribution is -0.385. The maximum absolute atomic E-state index is 12.5. The third-order valence-electron chi connectivity index (χ3n) is 3.51. The van der Waals surface area contributed by atoms with Crippen LogP contribution in [0.4, 0.5) is 5.69 Å². The summed E-state index contributed by atoms with van der Waals surface area (Å²) in [6, 6.07) is 10.4. The Balaban J connectivity index is 2.44. The third-order valence-corrected chi connectivity index (χ3v) is 6.09. The van der Waals surface area contributed by atoms with Crippen molar-refractivity contribution in [2.24, 2.45) is 0 Å². The van der Waals surface area contributed by atoms with Crippen molar-refractivity contribution in [1.82, 2.24) is 4.31 Å². The Kier molecular flexibility index (Phi) is 6.15. The maximum atomic E-state index is 12.5. The molecule has 0 N–H and O–H groups in total. The van der Waals surface area contributed by atoms with Crippen LogP contribution in [0.2, 0.25) is 0 Å². The molecule has 0 aliphatic carbocycles. The predicted octanol–water partition coefficient (Wildman–Crippen LogP) is 4.18. The molecule has 7 nitrogen and oxygen atoms in total. The van der Waals surface area contributed by atoms with Crippen LogP contribution in [-0.4, -0.2) is 30.7 Å². The number of nitro benzene ring substituents is 1. The summed E-state index contributed by atoms with van der Waals surface area (Å²) in [6.07, 6.45) is 0. The van der Waals surface area contributed by atoms with E-state index in [4.69, 9.17) is 4.74 Å². The van der Waals surface area contributed by atoms with Gasteiger partial charge in [-0.2, -0.15) is 4.31 Å². The Morgan fingerprint density at radius 1 is 1.12 bits per heavy atom. The zero-order chi connectivity index (χ0) is 18.6. The lowest BCUT2D eigenvalue weighted by atomic mass is 10.3. The van der Waals surface area contributed by atoms with Gasteiger partial charge in [0.05, 0.1) is 9.82 Å². The minimum Gasteiger partial charge on any atom is -0.450 e. The van der Waals surface area contributed by atoms with Gasteiger partial charge in [-0.05, 0) is 36.4 Å². The minimum absolute atomic E-state index is 0.0224. The molecule has 0 saturated heterocycles. The molecule has 0 radical (unpaired) electrons. The smallest absolute Gasteiger partial charge is 0.312 e. The van der Waals surface area contributed by atoms with E-state index in [1.807, 2.05) is 0 Å². The number of sulfonamides is 1. The summed E-state index contributed by atoms with van der Waals surface area (Å²) in [5.74, 6) is 0.386. The number of ether oxygens (including phenoxy) is 1. The molecule has 0 aliphatic rings. The SMILES string of the molecule is CCN(CC)S(=O)(=O)c1ccc(Oc2ccc(Br)cc2)c([N+](=O)[O-])c1. The second kappa shape index (κ2) is 7.94. The molecule has 0 atom stereocenters. The summed E-state index contributed by atoms with van der Waals surface area (Å²) in [6.45, 7) is 3.98. The summed E-state index contributed by atoms with van der Waals surface area (Å²) in [5, 5.41) is 11.4. The molecule has 0 unspecified atom stereocenters. The topological polar surface area (TPSA) is 89.8 Å². The van der Waals surface area contributed by atoms with Crippen molar-refractivity contribution >= 4 is 31.6 Å². The van der Waals surface area contributed by atoms with Gasteiger partial charge in [-0.15, -0.1) is 0 Å². The van der Waals surface area contributed by atoms with Crippen LogP contribution in [0.1, 0.15) is 13.8 Å². The highest BCUT2D eigenvalue weighted by molar-refractivity contribution is 9.10. The van der Waals surface area contributed by atoms with Gasteiger partial charge in [-0.25, -0.2) is 8.42 Å². The Morgan fingerprint density at radius 3 is 2.24 bits per heavy atom. The van der Waals surface area contributed by atoms with Gasteiger partial charge in [-0.3, -0.25) is 10.1 Å². The molecule has 0 bridgehead atoms. The normalized spacial score (nSPS) is 11.5. The molecule has 2 aromatic carbocycles. The van der Waals surface area contributed by atoms with E-state index in [-0.39, 0.29) is 23.7 Å². The first-order chi connectivity index (χ1) is 11.8. The minimum atomic E-state index is -3.79. The fourth-order valence-electron chi connectivity index (χ4n) is 2.23. The second-order valence-electron chi connectivity index (χ2n) is 5.03. The quantitative estimate of drug-likeness (QED) is 0.487. The van der Waals surface area contributed by atoms with E-state index in [1.165, 1.54) is 16.4 Å². The standard InChI is InChI=1S/C16H17BrN2O5S/c1-3-18(4-2)25(22,23)14-9-10-16(15(11-14)19(20)21)24-13-7-5-12(17)6-8-13/h5-11H,3-4H2,1-2H3. The fourth-order valence-corrected chi connectivity index (χ4v) is 3.97. The summed E-state index contributed by atoms with van der Waals surface area (Å²) >= 11 is 3.29. The molecule has 0 fully saturated rings. The number of hydrogen-bond acceptors (Lipinski definition) is 5. The molecule has 0 heterocycles. The highest BCUT2D eigenvalue weighted by atomic mass is 79.9. The highest BCUT2D eigenvalue weighted by Gasteiger charge is 2.26. The molecule has 0 saturated carbocycles. The number of hydrogen-bond donors (Lipinski definition) is 0. The van der Waals surface area contributed by atoms with Crippen LogP contribution in [0.5, 0.6) is 11.5 Å². The molecule has 25 heavy (non-hydrogen) atoms. The molecular weight excluding hydrogens is 412 g/mol. The van der Waals surface area contributed by atoms with Crippen molar-refractivity contribution in [3.8, 4) is 11.5 Å². The number of halogens is 1. The zero-order valence-corrected chi connectivity index (χ0v) is 16.1. The number of nitrogens with zero attached hydrogens (tertiary/aromatic N) is 2. The Labute approximate surface area is 154 Å². The second-order valence-corrected chi connectivity index (χ2v) is 7.89. The molecule has 0 spiro atoms. The van der Waals surface area contributed by atoms with E-state index in [0.29, 0.717) is 5.75 Å².